The van der Waals surface area contributed by atoms with Gasteiger partial charge in [0, 0.05) is 12.5 Å². The van der Waals surface area contributed by atoms with E-state index >= 15 is 0 Å². The van der Waals surface area contributed by atoms with Crippen LogP contribution in [0, 0.1) is 5.92 Å². The number of carbonyl (C=O) groups is 1. The second-order valence-electron chi connectivity index (χ2n) is 5.15. The van der Waals surface area contributed by atoms with Crippen LogP contribution in [0.3, 0.4) is 0 Å². The van der Waals surface area contributed by atoms with E-state index in [0.717, 1.165) is 12.5 Å². The van der Waals surface area contributed by atoms with Crippen molar-refractivity contribution in [3.8, 4) is 0 Å². The first-order chi connectivity index (χ1) is 7.06. The largest absolute Gasteiger partial charge is 0.298 e. The van der Waals surface area contributed by atoms with Gasteiger partial charge < -0.3 is 0 Å². The molecule has 1 atom stereocenters. The molecule has 0 heterocycles. The van der Waals surface area contributed by atoms with E-state index in [4.69, 9.17) is 0 Å². The van der Waals surface area contributed by atoms with Crippen molar-refractivity contribution >= 4 is 5.78 Å². The molecule has 0 radical (unpaired) electrons. The van der Waals surface area contributed by atoms with Crippen LogP contribution < -0.4 is 0 Å². The third-order valence-corrected chi connectivity index (χ3v) is 3.29. The molecule has 0 aromatic carbocycles. The van der Waals surface area contributed by atoms with E-state index in [9.17, 15) is 4.79 Å². The molecular formula is C13H25NO. The fourth-order valence-corrected chi connectivity index (χ4v) is 1.99. The van der Waals surface area contributed by atoms with E-state index in [1.807, 2.05) is 6.92 Å². The standard InChI is InChI=1S/C13H25NO/c1-5-13(15)11(4)14(12-6-7-12)9-8-10(2)3/h10-12H,5-9H2,1-4H3. The summed E-state index contributed by atoms with van der Waals surface area (Å²) in [6.07, 6.45) is 4.46. The molecule has 1 saturated carbocycles. The van der Waals surface area contributed by atoms with Crippen molar-refractivity contribution in [2.45, 2.75) is 65.5 Å². The average Bonchev–Trinajstić information content (AvgIpc) is 3.00. The van der Waals surface area contributed by atoms with Gasteiger partial charge in [0.1, 0.15) is 5.78 Å². The summed E-state index contributed by atoms with van der Waals surface area (Å²) in [4.78, 5) is 14.1. The Labute approximate surface area is 94.0 Å². The van der Waals surface area contributed by atoms with E-state index in [-0.39, 0.29) is 6.04 Å². The van der Waals surface area contributed by atoms with Crippen molar-refractivity contribution in [1.29, 1.82) is 0 Å². The number of Topliss-reactive ketones (excluding diaryl/α,β-unsaturated/α-hetero) is 1. The first-order valence-electron chi connectivity index (χ1n) is 6.34. The second kappa shape index (κ2) is 5.64. The molecular weight excluding hydrogens is 186 g/mol. The zero-order valence-corrected chi connectivity index (χ0v) is 10.6. The molecule has 1 rings (SSSR count). The van der Waals surface area contributed by atoms with Gasteiger partial charge in [0.25, 0.3) is 0 Å². The van der Waals surface area contributed by atoms with E-state index in [2.05, 4.69) is 25.7 Å². The van der Waals surface area contributed by atoms with Crippen LogP contribution in [0.4, 0.5) is 0 Å². The highest BCUT2D eigenvalue weighted by Crippen LogP contribution is 2.29. The number of nitrogens with zero attached hydrogens (tertiary/aromatic N) is 1. The number of carbonyl (C=O) groups excluding carboxylic acids is 1. The molecule has 0 saturated heterocycles. The van der Waals surface area contributed by atoms with E-state index < -0.39 is 0 Å². The van der Waals surface area contributed by atoms with Crippen LogP contribution in [0.2, 0.25) is 0 Å². The quantitative estimate of drug-likeness (QED) is 0.645. The van der Waals surface area contributed by atoms with Crippen LogP contribution in [0.1, 0.15) is 53.4 Å². The van der Waals surface area contributed by atoms with Gasteiger partial charge in [-0.1, -0.05) is 20.8 Å². The van der Waals surface area contributed by atoms with Gasteiger partial charge >= 0.3 is 0 Å². The maximum absolute atomic E-state index is 11.7. The first kappa shape index (κ1) is 12.7. The second-order valence-corrected chi connectivity index (χ2v) is 5.15. The van der Waals surface area contributed by atoms with Crippen LogP contribution in [-0.4, -0.2) is 29.3 Å². The molecule has 0 amide bonds. The molecule has 88 valence electrons. The predicted octanol–water partition coefficient (Wildman–Crippen LogP) is 2.86. The van der Waals surface area contributed by atoms with Gasteiger partial charge in [0.15, 0.2) is 0 Å². The minimum Gasteiger partial charge on any atom is -0.298 e. The van der Waals surface area contributed by atoms with Crippen LogP contribution in [0.15, 0.2) is 0 Å². The van der Waals surface area contributed by atoms with Gasteiger partial charge in [-0.2, -0.15) is 0 Å². The normalized spacial score (nSPS) is 18.5. The minimum atomic E-state index is 0.140. The molecule has 0 bridgehead atoms. The molecule has 1 unspecified atom stereocenters. The summed E-state index contributed by atoms with van der Waals surface area (Å²) in [5, 5.41) is 0. The fourth-order valence-electron chi connectivity index (χ4n) is 1.99. The maximum atomic E-state index is 11.7. The van der Waals surface area contributed by atoms with E-state index in [1.165, 1.54) is 19.3 Å². The van der Waals surface area contributed by atoms with Crippen LogP contribution in [-0.2, 0) is 4.79 Å². The lowest BCUT2D eigenvalue weighted by Gasteiger charge is -2.28. The van der Waals surface area contributed by atoms with Gasteiger partial charge in [-0.05, 0) is 38.6 Å². The van der Waals surface area contributed by atoms with Crippen molar-refractivity contribution < 1.29 is 4.79 Å². The topological polar surface area (TPSA) is 20.3 Å². The third kappa shape index (κ3) is 3.94. The van der Waals surface area contributed by atoms with Crippen molar-refractivity contribution in [2.75, 3.05) is 6.54 Å². The number of ketones is 1. The number of rotatable bonds is 7. The van der Waals surface area contributed by atoms with Gasteiger partial charge in [0.2, 0.25) is 0 Å². The minimum absolute atomic E-state index is 0.140. The Morgan fingerprint density at radius 2 is 1.93 bits per heavy atom. The molecule has 2 nitrogen and oxygen atoms in total. The Morgan fingerprint density at radius 1 is 1.33 bits per heavy atom. The van der Waals surface area contributed by atoms with Crippen molar-refractivity contribution in [3.63, 3.8) is 0 Å². The highest BCUT2D eigenvalue weighted by atomic mass is 16.1. The van der Waals surface area contributed by atoms with Crippen LogP contribution in [0.25, 0.3) is 0 Å². The maximum Gasteiger partial charge on any atom is 0.149 e. The van der Waals surface area contributed by atoms with Crippen molar-refractivity contribution in [1.82, 2.24) is 4.90 Å². The average molecular weight is 211 g/mol. The van der Waals surface area contributed by atoms with Gasteiger partial charge in [-0.3, -0.25) is 9.69 Å². The molecule has 2 heteroatoms. The summed E-state index contributed by atoms with van der Waals surface area (Å²) < 4.78 is 0. The van der Waals surface area contributed by atoms with Gasteiger partial charge in [-0.25, -0.2) is 0 Å². The van der Waals surface area contributed by atoms with Gasteiger partial charge in [-0.15, -0.1) is 0 Å². The zero-order chi connectivity index (χ0) is 11.4. The lowest BCUT2D eigenvalue weighted by Crippen LogP contribution is -2.41. The molecule has 0 aliphatic heterocycles. The molecule has 0 spiro atoms. The summed E-state index contributed by atoms with van der Waals surface area (Å²) in [7, 11) is 0. The van der Waals surface area contributed by atoms with Crippen LogP contribution >= 0.6 is 0 Å². The molecule has 1 aliphatic rings. The molecule has 15 heavy (non-hydrogen) atoms. The Balaban J connectivity index is 2.45. The summed E-state index contributed by atoms with van der Waals surface area (Å²) in [6.45, 7) is 9.63. The lowest BCUT2D eigenvalue weighted by atomic mass is 10.1. The highest BCUT2D eigenvalue weighted by Gasteiger charge is 2.33. The van der Waals surface area contributed by atoms with Gasteiger partial charge in [0.05, 0.1) is 6.04 Å². The molecule has 0 aromatic rings. The fraction of sp³-hybridized carbons (Fsp3) is 0.923. The predicted molar refractivity (Wildman–Crippen MR) is 63.9 cm³/mol. The number of hydrogen-bond acceptors (Lipinski definition) is 2. The lowest BCUT2D eigenvalue weighted by molar-refractivity contribution is -0.123. The summed E-state index contributed by atoms with van der Waals surface area (Å²) in [6, 6.07) is 0.843. The Bertz CT molecular complexity index is 209. The Kier molecular flexibility index (Phi) is 4.78. The number of hydrogen-bond donors (Lipinski definition) is 0. The van der Waals surface area contributed by atoms with Crippen LogP contribution in [0.5, 0.6) is 0 Å². The highest BCUT2D eigenvalue weighted by molar-refractivity contribution is 5.83. The summed E-state index contributed by atoms with van der Waals surface area (Å²) in [5.41, 5.74) is 0. The Hall–Kier alpha value is -0.370. The smallest absolute Gasteiger partial charge is 0.149 e. The SMILES string of the molecule is CCC(=O)C(C)N(CCC(C)C)C1CC1. The molecule has 0 N–H and O–H groups in total. The first-order valence-corrected chi connectivity index (χ1v) is 6.34. The zero-order valence-electron chi connectivity index (χ0n) is 10.6. The molecule has 0 aromatic heterocycles. The molecule has 1 aliphatic carbocycles. The molecule has 1 fully saturated rings. The summed E-state index contributed by atoms with van der Waals surface area (Å²) >= 11 is 0. The van der Waals surface area contributed by atoms with Crippen molar-refractivity contribution in [2.24, 2.45) is 5.92 Å². The Morgan fingerprint density at radius 3 is 2.33 bits per heavy atom. The third-order valence-electron chi connectivity index (χ3n) is 3.29. The summed E-state index contributed by atoms with van der Waals surface area (Å²) in [5.74, 6) is 1.13. The van der Waals surface area contributed by atoms with E-state index in [1.54, 1.807) is 0 Å². The monoisotopic (exact) mass is 211 g/mol. The van der Waals surface area contributed by atoms with E-state index in [0.29, 0.717) is 18.2 Å². The van der Waals surface area contributed by atoms with Crippen molar-refractivity contribution in [3.05, 3.63) is 0 Å².